The summed E-state index contributed by atoms with van der Waals surface area (Å²) < 4.78 is 0.0674. The third kappa shape index (κ3) is 2.28. The highest BCUT2D eigenvalue weighted by atomic mass is 79.9. The highest BCUT2D eigenvalue weighted by Gasteiger charge is 2.29. The topological polar surface area (TPSA) is 114 Å². The van der Waals surface area contributed by atoms with Crippen LogP contribution < -0.4 is 0 Å². The van der Waals surface area contributed by atoms with Crippen molar-refractivity contribution in [3.05, 3.63) is 32.5 Å². The Morgan fingerprint density at radius 2 is 2.27 bits per heavy atom. The van der Waals surface area contributed by atoms with E-state index in [2.05, 4.69) is 20.9 Å². The van der Waals surface area contributed by atoms with Crippen molar-refractivity contribution in [2.45, 2.75) is 6.10 Å². The lowest BCUT2D eigenvalue weighted by molar-refractivity contribution is -0.387. The van der Waals surface area contributed by atoms with Crippen molar-refractivity contribution in [3.63, 3.8) is 0 Å². The first kappa shape index (κ1) is 11.5. The molecule has 0 saturated heterocycles. The SMILES string of the molecule is O=C(O)C(O)c1nccc(Br)c1[N+](=O)[O-]. The van der Waals surface area contributed by atoms with Crippen LogP contribution in [0.3, 0.4) is 0 Å². The fourth-order valence-electron chi connectivity index (χ4n) is 0.943. The molecular weight excluding hydrogens is 272 g/mol. The third-order valence-corrected chi connectivity index (χ3v) is 2.22. The Balaban J connectivity index is 3.35. The Morgan fingerprint density at radius 3 is 2.73 bits per heavy atom. The van der Waals surface area contributed by atoms with Crippen LogP contribution >= 0.6 is 15.9 Å². The number of aliphatic hydroxyl groups excluding tert-OH is 1. The molecule has 7 nitrogen and oxygen atoms in total. The van der Waals surface area contributed by atoms with Crippen LogP contribution in [-0.2, 0) is 4.79 Å². The fraction of sp³-hybridized carbons (Fsp3) is 0.143. The standard InChI is InChI=1S/C7H5BrN2O5/c8-3-1-2-9-4(5(3)10(14)15)6(11)7(12)13/h1-2,6,11H,(H,12,13). The molecule has 0 amide bonds. The van der Waals surface area contributed by atoms with Gasteiger partial charge in [0.1, 0.15) is 0 Å². The summed E-state index contributed by atoms with van der Waals surface area (Å²) in [7, 11) is 0. The molecule has 0 bridgehead atoms. The maximum atomic E-state index is 10.6. The number of pyridine rings is 1. The van der Waals surface area contributed by atoms with Crippen molar-refractivity contribution >= 4 is 27.6 Å². The molecule has 1 atom stereocenters. The van der Waals surface area contributed by atoms with Gasteiger partial charge < -0.3 is 10.2 Å². The first-order valence-electron chi connectivity index (χ1n) is 3.64. The molecule has 8 heteroatoms. The Bertz CT molecular complexity index is 422. The second-order valence-corrected chi connectivity index (χ2v) is 3.38. The van der Waals surface area contributed by atoms with Gasteiger partial charge in [0, 0.05) is 6.20 Å². The number of carboxylic acids is 1. The number of hydrogen-bond donors (Lipinski definition) is 2. The quantitative estimate of drug-likeness (QED) is 0.626. The number of carboxylic acid groups (broad SMARTS) is 1. The van der Waals surface area contributed by atoms with Crippen LogP contribution in [0, 0.1) is 10.1 Å². The molecular formula is C7H5BrN2O5. The molecule has 1 rings (SSSR count). The molecule has 1 heterocycles. The first-order chi connectivity index (χ1) is 6.95. The van der Waals surface area contributed by atoms with Gasteiger partial charge in [0.15, 0.2) is 5.69 Å². The van der Waals surface area contributed by atoms with E-state index >= 15 is 0 Å². The number of halogens is 1. The maximum absolute atomic E-state index is 10.6. The number of rotatable bonds is 3. The summed E-state index contributed by atoms with van der Waals surface area (Å²) in [6.07, 6.45) is -0.846. The lowest BCUT2D eigenvalue weighted by Crippen LogP contribution is -2.14. The minimum atomic E-state index is -2.01. The highest BCUT2D eigenvalue weighted by Crippen LogP contribution is 2.30. The predicted octanol–water partition coefficient (Wildman–Crippen LogP) is 0.870. The molecule has 0 aromatic carbocycles. The van der Waals surface area contributed by atoms with E-state index in [9.17, 15) is 14.9 Å². The van der Waals surface area contributed by atoms with E-state index in [4.69, 9.17) is 10.2 Å². The van der Waals surface area contributed by atoms with Crippen LogP contribution in [0.2, 0.25) is 0 Å². The van der Waals surface area contributed by atoms with Crippen molar-refractivity contribution in [1.29, 1.82) is 0 Å². The monoisotopic (exact) mass is 276 g/mol. The van der Waals surface area contributed by atoms with Crippen LogP contribution in [0.5, 0.6) is 0 Å². The molecule has 0 aliphatic heterocycles. The molecule has 1 aromatic heterocycles. The van der Waals surface area contributed by atoms with Crippen LogP contribution in [0.4, 0.5) is 5.69 Å². The van der Waals surface area contributed by atoms with E-state index in [1.807, 2.05) is 0 Å². The van der Waals surface area contributed by atoms with Crippen molar-refractivity contribution in [1.82, 2.24) is 4.98 Å². The third-order valence-electron chi connectivity index (χ3n) is 1.58. The molecule has 0 aliphatic rings. The van der Waals surface area contributed by atoms with Gasteiger partial charge in [0.2, 0.25) is 6.10 Å². The van der Waals surface area contributed by atoms with E-state index in [0.29, 0.717) is 0 Å². The molecule has 0 fully saturated rings. The van der Waals surface area contributed by atoms with Gasteiger partial charge >= 0.3 is 11.7 Å². The van der Waals surface area contributed by atoms with Gasteiger partial charge in [-0.3, -0.25) is 15.1 Å². The van der Waals surface area contributed by atoms with Gasteiger partial charge in [-0.15, -0.1) is 0 Å². The number of carbonyl (C=O) groups is 1. The van der Waals surface area contributed by atoms with E-state index in [0.717, 1.165) is 0 Å². The number of nitro groups is 1. The molecule has 1 aromatic rings. The van der Waals surface area contributed by atoms with E-state index in [1.54, 1.807) is 0 Å². The Labute approximate surface area is 91.7 Å². The zero-order valence-corrected chi connectivity index (χ0v) is 8.71. The summed E-state index contributed by atoms with van der Waals surface area (Å²) in [5.41, 5.74) is -1.05. The lowest BCUT2D eigenvalue weighted by atomic mass is 10.2. The number of nitrogens with zero attached hydrogens (tertiary/aromatic N) is 2. The van der Waals surface area contributed by atoms with Gasteiger partial charge in [-0.1, -0.05) is 0 Å². The molecule has 0 spiro atoms. The predicted molar refractivity (Wildman–Crippen MR) is 51.2 cm³/mol. The van der Waals surface area contributed by atoms with Crippen molar-refractivity contribution in [2.75, 3.05) is 0 Å². The summed E-state index contributed by atoms with van der Waals surface area (Å²) in [4.78, 5) is 23.7. The van der Waals surface area contributed by atoms with E-state index in [1.165, 1.54) is 12.3 Å². The average molecular weight is 277 g/mol. The van der Waals surface area contributed by atoms with Crippen LogP contribution in [0.25, 0.3) is 0 Å². The van der Waals surface area contributed by atoms with Crippen LogP contribution in [0.1, 0.15) is 11.8 Å². The summed E-state index contributed by atoms with van der Waals surface area (Å²) in [5.74, 6) is -1.59. The molecule has 1 unspecified atom stereocenters. The van der Waals surface area contributed by atoms with Crippen molar-refractivity contribution in [2.24, 2.45) is 0 Å². The second kappa shape index (κ2) is 4.32. The highest BCUT2D eigenvalue weighted by molar-refractivity contribution is 9.10. The average Bonchev–Trinajstić information content (AvgIpc) is 2.15. The van der Waals surface area contributed by atoms with Gasteiger partial charge in [-0.25, -0.2) is 4.79 Å². The number of aliphatic carboxylic acids is 1. The summed E-state index contributed by atoms with van der Waals surface area (Å²) in [6, 6.07) is 1.29. The molecule has 2 N–H and O–H groups in total. The van der Waals surface area contributed by atoms with Gasteiger partial charge in [-0.05, 0) is 22.0 Å². The van der Waals surface area contributed by atoms with Gasteiger partial charge in [-0.2, -0.15) is 0 Å². The normalized spacial score (nSPS) is 12.1. The first-order valence-corrected chi connectivity index (χ1v) is 4.44. The smallest absolute Gasteiger partial charge is 0.339 e. The zero-order chi connectivity index (χ0) is 11.6. The second-order valence-electron chi connectivity index (χ2n) is 2.52. The molecule has 15 heavy (non-hydrogen) atoms. The molecule has 0 aliphatic carbocycles. The Hall–Kier alpha value is -1.54. The zero-order valence-electron chi connectivity index (χ0n) is 7.12. The maximum Gasteiger partial charge on any atom is 0.339 e. The van der Waals surface area contributed by atoms with Crippen LogP contribution in [-0.4, -0.2) is 26.1 Å². The number of aliphatic hydroxyl groups is 1. The lowest BCUT2D eigenvalue weighted by Gasteiger charge is -2.05. The summed E-state index contributed by atoms with van der Waals surface area (Å²) in [5, 5.41) is 28.3. The summed E-state index contributed by atoms with van der Waals surface area (Å²) in [6.45, 7) is 0. The van der Waals surface area contributed by atoms with Crippen LogP contribution in [0.15, 0.2) is 16.7 Å². The Morgan fingerprint density at radius 1 is 1.67 bits per heavy atom. The van der Waals surface area contributed by atoms with Gasteiger partial charge in [0.05, 0.1) is 9.40 Å². The fourth-order valence-corrected chi connectivity index (χ4v) is 1.41. The minimum Gasteiger partial charge on any atom is -0.479 e. The molecule has 80 valence electrons. The Kier molecular flexibility index (Phi) is 3.32. The number of hydrogen-bond acceptors (Lipinski definition) is 5. The molecule has 0 saturated carbocycles. The van der Waals surface area contributed by atoms with E-state index in [-0.39, 0.29) is 4.47 Å². The minimum absolute atomic E-state index is 0.0674. The summed E-state index contributed by atoms with van der Waals surface area (Å²) >= 11 is 2.88. The van der Waals surface area contributed by atoms with Crippen molar-refractivity contribution < 1.29 is 19.9 Å². The largest absolute Gasteiger partial charge is 0.479 e. The van der Waals surface area contributed by atoms with Gasteiger partial charge in [0.25, 0.3) is 0 Å². The molecule has 0 radical (unpaired) electrons. The van der Waals surface area contributed by atoms with Crippen molar-refractivity contribution in [3.8, 4) is 0 Å². The number of aromatic nitrogens is 1. The van der Waals surface area contributed by atoms with E-state index < -0.39 is 28.4 Å².